The van der Waals surface area contributed by atoms with Gasteiger partial charge in [-0.1, -0.05) is 19.6 Å². The molecule has 4 aromatic heterocycles. The molecule has 11 nitrogen and oxygen atoms in total. The zero-order valence-corrected chi connectivity index (χ0v) is 22.4. The van der Waals surface area contributed by atoms with Gasteiger partial charge in [-0.3, -0.25) is 8.98 Å². The maximum atomic E-state index is 13.2. The molecule has 4 aromatic rings. The first-order valence-electron chi connectivity index (χ1n) is 10.7. The SMILES string of the molecule is Cn1c2nc(COS(C)(=O)=O)sc2c2cnn(Cc3ccn(COCC[Si](C)(C)C)n3)c(=O)c21. The summed E-state index contributed by atoms with van der Waals surface area (Å²) in [5.74, 6) is 0. The summed E-state index contributed by atoms with van der Waals surface area (Å²) in [4.78, 5) is 17.6. The van der Waals surface area contributed by atoms with Crippen molar-refractivity contribution in [3.63, 3.8) is 0 Å². The van der Waals surface area contributed by atoms with Crippen LogP contribution in [-0.4, -0.2) is 58.5 Å². The third kappa shape index (κ3) is 5.63. The zero-order valence-electron chi connectivity index (χ0n) is 19.8. The number of aryl methyl sites for hydroxylation is 1. The van der Waals surface area contributed by atoms with E-state index in [4.69, 9.17) is 8.92 Å². The fourth-order valence-electron chi connectivity index (χ4n) is 3.41. The van der Waals surface area contributed by atoms with Crippen molar-refractivity contribution in [2.45, 2.75) is 45.6 Å². The molecule has 0 radical (unpaired) electrons. The molecule has 4 heterocycles. The Morgan fingerprint density at radius 3 is 2.71 bits per heavy atom. The molecule has 0 saturated heterocycles. The number of nitrogens with zero attached hydrogens (tertiary/aromatic N) is 6. The number of ether oxygens (including phenoxy) is 1. The van der Waals surface area contributed by atoms with Gasteiger partial charge in [-0.15, -0.1) is 11.3 Å². The van der Waals surface area contributed by atoms with Crippen molar-refractivity contribution in [3.8, 4) is 0 Å². The fraction of sp³-hybridized carbons (Fsp3) is 0.500. The summed E-state index contributed by atoms with van der Waals surface area (Å²) in [6, 6.07) is 2.94. The molecule has 0 aliphatic heterocycles. The second-order valence-corrected chi connectivity index (χ2v) is 17.7. The molecule has 0 aliphatic carbocycles. The van der Waals surface area contributed by atoms with Crippen LogP contribution in [0.25, 0.3) is 21.3 Å². The van der Waals surface area contributed by atoms with Crippen molar-refractivity contribution >= 4 is 50.8 Å². The first-order valence-corrected chi connectivity index (χ1v) is 17.0. The van der Waals surface area contributed by atoms with E-state index < -0.39 is 18.2 Å². The van der Waals surface area contributed by atoms with Crippen LogP contribution in [0.1, 0.15) is 10.7 Å². The third-order valence-corrected chi connectivity index (χ3v) is 8.50. The van der Waals surface area contributed by atoms with Gasteiger partial charge in [0, 0.05) is 33.3 Å². The Hall–Kier alpha value is -2.39. The van der Waals surface area contributed by atoms with E-state index in [2.05, 4.69) is 34.8 Å². The number of aromatic nitrogens is 6. The van der Waals surface area contributed by atoms with Crippen LogP contribution in [0.2, 0.25) is 25.7 Å². The lowest BCUT2D eigenvalue weighted by molar-refractivity contribution is 0.0782. The van der Waals surface area contributed by atoms with E-state index in [9.17, 15) is 13.2 Å². The molecular formula is C20H28N6O5S2Si. The Morgan fingerprint density at radius 1 is 1.24 bits per heavy atom. The minimum atomic E-state index is -3.57. The van der Waals surface area contributed by atoms with Gasteiger partial charge in [0.05, 0.1) is 29.4 Å². The van der Waals surface area contributed by atoms with Crippen LogP contribution in [0.3, 0.4) is 0 Å². The maximum absolute atomic E-state index is 13.2. The molecule has 14 heteroatoms. The van der Waals surface area contributed by atoms with Crippen molar-refractivity contribution in [3.05, 3.63) is 39.5 Å². The molecule has 0 unspecified atom stereocenters. The normalized spacial score (nSPS) is 12.9. The van der Waals surface area contributed by atoms with Crippen LogP contribution in [0.5, 0.6) is 0 Å². The number of rotatable bonds is 10. The number of hydrogen-bond donors (Lipinski definition) is 0. The third-order valence-electron chi connectivity index (χ3n) is 5.19. The Labute approximate surface area is 202 Å². The highest BCUT2D eigenvalue weighted by Crippen LogP contribution is 2.31. The maximum Gasteiger partial charge on any atom is 0.291 e. The van der Waals surface area contributed by atoms with Gasteiger partial charge in [0.1, 0.15) is 23.9 Å². The van der Waals surface area contributed by atoms with E-state index in [1.807, 2.05) is 12.3 Å². The van der Waals surface area contributed by atoms with E-state index >= 15 is 0 Å². The van der Waals surface area contributed by atoms with E-state index in [-0.39, 0.29) is 18.7 Å². The van der Waals surface area contributed by atoms with Crippen molar-refractivity contribution in [2.24, 2.45) is 7.05 Å². The smallest absolute Gasteiger partial charge is 0.291 e. The van der Waals surface area contributed by atoms with Crippen molar-refractivity contribution in [1.29, 1.82) is 0 Å². The van der Waals surface area contributed by atoms with Crippen LogP contribution in [-0.2, 0) is 46.0 Å². The number of hydrogen-bond acceptors (Lipinski definition) is 9. The molecule has 0 bridgehead atoms. The summed E-state index contributed by atoms with van der Waals surface area (Å²) in [5.41, 5.74) is 1.52. The molecule has 0 aliphatic rings. The van der Waals surface area contributed by atoms with E-state index in [0.717, 1.165) is 17.0 Å². The molecule has 0 fully saturated rings. The predicted octanol–water partition coefficient (Wildman–Crippen LogP) is 2.38. The van der Waals surface area contributed by atoms with Crippen LogP contribution < -0.4 is 5.56 Å². The Morgan fingerprint density at radius 2 is 2.00 bits per heavy atom. The van der Waals surface area contributed by atoms with Crippen molar-refractivity contribution in [2.75, 3.05) is 12.9 Å². The van der Waals surface area contributed by atoms with E-state index in [1.165, 1.54) is 16.0 Å². The van der Waals surface area contributed by atoms with Gasteiger partial charge in [-0.2, -0.15) is 18.6 Å². The molecule has 184 valence electrons. The van der Waals surface area contributed by atoms with Crippen LogP contribution in [0, 0.1) is 0 Å². The Kier molecular flexibility index (Phi) is 6.79. The average Bonchev–Trinajstić information content (AvgIpc) is 3.41. The molecule has 0 N–H and O–H groups in total. The van der Waals surface area contributed by atoms with Crippen molar-refractivity contribution < 1.29 is 17.3 Å². The lowest BCUT2D eigenvalue weighted by Gasteiger charge is -2.15. The van der Waals surface area contributed by atoms with Crippen molar-refractivity contribution in [1.82, 2.24) is 29.1 Å². The summed E-state index contributed by atoms with van der Waals surface area (Å²) < 4.78 is 38.6. The molecule has 0 aromatic carbocycles. The molecule has 0 spiro atoms. The largest absolute Gasteiger partial charge is 0.360 e. The topological polar surface area (TPSA) is 123 Å². The number of thiazole rings is 1. The second-order valence-electron chi connectivity index (χ2n) is 9.35. The van der Waals surface area contributed by atoms with E-state index in [1.54, 1.807) is 22.5 Å². The molecule has 0 atom stereocenters. The van der Waals surface area contributed by atoms with Gasteiger partial charge in [0.25, 0.3) is 15.7 Å². The Balaban J connectivity index is 1.51. The lowest BCUT2D eigenvalue weighted by Crippen LogP contribution is -2.25. The van der Waals surface area contributed by atoms with Gasteiger partial charge in [-0.25, -0.2) is 14.3 Å². The second kappa shape index (κ2) is 9.34. The van der Waals surface area contributed by atoms with Gasteiger partial charge < -0.3 is 9.30 Å². The highest BCUT2D eigenvalue weighted by atomic mass is 32.2. The molecule has 34 heavy (non-hydrogen) atoms. The van der Waals surface area contributed by atoms with Gasteiger partial charge in [0.2, 0.25) is 0 Å². The predicted molar refractivity (Wildman–Crippen MR) is 133 cm³/mol. The zero-order chi connectivity index (χ0) is 24.7. The number of fused-ring (bicyclic) bond motifs is 3. The monoisotopic (exact) mass is 524 g/mol. The first-order chi connectivity index (χ1) is 15.9. The minimum Gasteiger partial charge on any atom is -0.360 e. The van der Waals surface area contributed by atoms with Crippen LogP contribution in [0.4, 0.5) is 0 Å². The van der Waals surface area contributed by atoms with Gasteiger partial charge >= 0.3 is 0 Å². The standard InChI is InChI=1S/C20H28N6O5S2Si/c1-24-17-15(18-19(24)22-16(32-18)12-31-33(2,28)29)10-21-26(20(17)27)11-14-6-7-25(23-14)13-30-8-9-34(3,4)5/h6-7,10H,8-9,11-13H2,1-5H3. The summed E-state index contributed by atoms with van der Waals surface area (Å²) >= 11 is 1.28. The average molecular weight is 525 g/mol. The van der Waals surface area contributed by atoms with Gasteiger partial charge in [0.15, 0.2) is 5.65 Å². The summed E-state index contributed by atoms with van der Waals surface area (Å²) in [5, 5.41) is 10.0. The highest BCUT2D eigenvalue weighted by Gasteiger charge is 2.19. The molecular weight excluding hydrogens is 496 g/mol. The summed E-state index contributed by atoms with van der Waals surface area (Å²) in [6.45, 7) is 8.10. The fourth-order valence-corrected chi connectivity index (χ4v) is 5.59. The Bertz CT molecular complexity index is 1500. The molecule has 0 saturated carbocycles. The first kappa shape index (κ1) is 24.7. The van der Waals surface area contributed by atoms with E-state index in [0.29, 0.717) is 40.6 Å². The quantitative estimate of drug-likeness (QED) is 0.176. The molecule has 0 amide bonds. The summed E-state index contributed by atoms with van der Waals surface area (Å²) in [6.07, 6.45) is 4.46. The van der Waals surface area contributed by atoms with Crippen LogP contribution >= 0.6 is 11.3 Å². The van der Waals surface area contributed by atoms with Crippen LogP contribution in [0.15, 0.2) is 23.3 Å². The molecule has 4 rings (SSSR count). The highest BCUT2D eigenvalue weighted by molar-refractivity contribution is 7.85. The lowest BCUT2D eigenvalue weighted by atomic mass is 10.3. The minimum absolute atomic E-state index is 0.144. The summed E-state index contributed by atoms with van der Waals surface area (Å²) in [7, 11) is -2.95. The van der Waals surface area contributed by atoms with Gasteiger partial charge in [-0.05, 0) is 12.1 Å².